The molecule has 0 aliphatic carbocycles. The zero-order chi connectivity index (χ0) is 21.3. The number of carbonyl (C=O) groups is 1. The van der Waals surface area contributed by atoms with Crippen LogP contribution in [0.3, 0.4) is 0 Å². The Balaban J connectivity index is 1.69. The molecule has 3 heterocycles. The topological polar surface area (TPSA) is 109 Å². The summed E-state index contributed by atoms with van der Waals surface area (Å²) in [5.41, 5.74) is 7.73. The molecular formula is C20H22ClN7OS. The van der Waals surface area contributed by atoms with E-state index < -0.39 is 5.91 Å². The molecule has 30 heavy (non-hydrogen) atoms. The number of aryl methyl sites for hydroxylation is 2. The molecule has 0 unspecified atom stereocenters. The van der Waals surface area contributed by atoms with Gasteiger partial charge in [0.15, 0.2) is 5.13 Å². The summed E-state index contributed by atoms with van der Waals surface area (Å²) in [5, 5.41) is 7.58. The van der Waals surface area contributed by atoms with Crippen molar-refractivity contribution in [3.8, 4) is 11.3 Å². The third-order valence-corrected chi connectivity index (χ3v) is 6.11. The lowest BCUT2D eigenvalue weighted by atomic mass is 10.0. The van der Waals surface area contributed by atoms with Crippen LogP contribution in [-0.4, -0.2) is 47.0 Å². The number of piperazine rings is 1. The predicted octanol–water partition coefficient (Wildman–Crippen LogP) is 3.12. The van der Waals surface area contributed by atoms with Crippen molar-refractivity contribution in [2.75, 3.05) is 36.4 Å². The van der Waals surface area contributed by atoms with Gasteiger partial charge in [-0.05, 0) is 25.5 Å². The summed E-state index contributed by atoms with van der Waals surface area (Å²) < 4.78 is 0. The summed E-state index contributed by atoms with van der Waals surface area (Å²) in [6.45, 7) is 7.38. The lowest BCUT2D eigenvalue weighted by Crippen LogP contribution is -2.44. The number of nitrogens with one attached hydrogen (secondary N) is 2. The Kier molecular flexibility index (Phi) is 5.85. The first-order chi connectivity index (χ1) is 14.4. The molecule has 0 spiro atoms. The summed E-state index contributed by atoms with van der Waals surface area (Å²) in [6.07, 6.45) is 0. The standard InChI is InChI=1S/C20H22ClN7OS/c1-11-4-3-5-13(21)16(11)17-18(19(22)29)30-20(27-17)26-14-10-15(25-12(2)24-14)28-8-6-23-7-9-28/h3-5,10,23H,6-9H2,1-2H3,(H2,22,29)(H,24,25,26,27). The van der Waals surface area contributed by atoms with Crippen molar-refractivity contribution in [2.45, 2.75) is 13.8 Å². The third kappa shape index (κ3) is 4.23. The monoisotopic (exact) mass is 443 g/mol. The van der Waals surface area contributed by atoms with E-state index in [2.05, 4.69) is 30.5 Å². The van der Waals surface area contributed by atoms with E-state index >= 15 is 0 Å². The van der Waals surface area contributed by atoms with Crippen LogP contribution < -0.4 is 21.3 Å². The largest absolute Gasteiger partial charge is 0.365 e. The van der Waals surface area contributed by atoms with E-state index in [0.717, 1.165) is 37.6 Å². The zero-order valence-electron chi connectivity index (χ0n) is 16.7. The molecule has 1 fully saturated rings. The van der Waals surface area contributed by atoms with E-state index in [9.17, 15) is 4.79 Å². The smallest absolute Gasteiger partial charge is 0.261 e. The van der Waals surface area contributed by atoms with Gasteiger partial charge in [0.1, 0.15) is 22.3 Å². The first-order valence-corrected chi connectivity index (χ1v) is 10.8. The van der Waals surface area contributed by atoms with Crippen LogP contribution in [0, 0.1) is 13.8 Å². The first-order valence-electron chi connectivity index (χ1n) is 9.57. The Morgan fingerprint density at radius 1 is 1.23 bits per heavy atom. The second-order valence-electron chi connectivity index (χ2n) is 7.01. The lowest BCUT2D eigenvalue weighted by Gasteiger charge is -2.28. The van der Waals surface area contributed by atoms with Gasteiger partial charge in [0, 0.05) is 37.8 Å². The summed E-state index contributed by atoms with van der Waals surface area (Å²) in [7, 11) is 0. The summed E-state index contributed by atoms with van der Waals surface area (Å²) in [6, 6.07) is 7.45. The molecule has 0 bridgehead atoms. The van der Waals surface area contributed by atoms with Gasteiger partial charge in [-0.1, -0.05) is 35.1 Å². The Labute approximate surface area is 183 Å². The van der Waals surface area contributed by atoms with E-state index in [1.165, 1.54) is 11.3 Å². The molecule has 3 aromatic rings. The van der Waals surface area contributed by atoms with Gasteiger partial charge in [-0.3, -0.25) is 4.79 Å². The average Bonchev–Trinajstić information content (AvgIpc) is 3.11. The van der Waals surface area contributed by atoms with Crippen molar-refractivity contribution in [1.82, 2.24) is 20.3 Å². The van der Waals surface area contributed by atoms with Gasteiger partial charge in [-0.15, -0.1) is 0 Å². The molecular weight excluding hydrogens is 422 g/mol. The highest BCUT2D eigenvalue weighted by Crippen LogP contribution is 2.37. The van der Waals surface area contributed by atoms with Crippen LogP contribution in [0.25, 0.3) is 11.3 Å². The van der Waals surface area contributed by atoms with Gasteiger partial charge in [0.25, 0.3) is 5.91 Å². The molecule has 2 aromatic heterocycles. The first kappa shape index (κ1) is 20.5. The summed E-state index contributed by atoms with van der Waals surface area (Å²) in [4.78, 5) is 28.3. The van der Waals surface area contributed by atoms with E-state index in [4.69, 9.17) is 17.3 Å². The van der Waals surface area contributed by atoms with Crippen molar-refractivity contribution in [1.29, 1.82) is 0 Å². The maximum atomic E-state index is 12.1. The Hall–Kier alpha value is -2.75. The Morgan fingerprint density at radius 2 is 2.00 bits per heavy atom. The third-order valence-electron chi connectivity index (χ3n) is 4.81. The van der Waals surface area contributed by atoms with Crippen LogP contribution in [0.2, 0.25) is 5.02 Å². The number of nitrogens with two attached hydrogens (primary N) is 1. The molecule has 1 amide bonds. The normalized spacial score (nSPS) is 14.0. The highest BCUT2D eigenvalue weighted by Gasteiger charge is 2.21. The maximum Gasteiger partial charge on any atom is 0.261 e. The van der Waals surface area contributed by atoms with Gasteiger partial charge >= 0.3 is 0 Å². The minimum atomic E-state index is -0.546. The second-order valence-corrected chi connectivity index (χ2v) is 8.42. The number of aromatic nitrogens is 3. The van der Waals surface area contributed by atoms with Gasteiger partial charge in [0.05, 0.1) is 10.7 Å². The summed E-state index contributed by atoms with van der Waals surface area (Å²) >= 11 is 7.58. The minimum absolute atomic E-state index is 0.349. The summed E-state index contributed by atoms with van der Waals surface area (Å²) in [5.74, 6) is 1.58. The highest BCUT2D eigenvalue weighted by atomic mass is 35.5. The van der Waals surface area contributed by atoms with Crippen LogP contribution >= 0.6 is 22.9 Å². The number of nitrogens with zero attached hydrogens (tertiary/aromatic N) is 4. The molecule has 1 saturated heterocycles. The van der Waals surface area contributed by atoms with Gasteiger partial charge in [-0.25, -0.2) is 15.0 Å². The molecule has 1 aliphatic rings. The molecule has 1 aromatic carbocycles. The number of hydrogen-bond acceptors (Lipinski definition) is 8. The fourth-order valence-corrected chi connectivity index (χ4v) is 4.57. The number of amides is 1. The number of carbonyl (C=O) groups excluding carboxylic acids is 1. The second kappa shape index (κ2) is 8.55. The number of thiazole rings is 1. The minimum Gasteiger partial charge on any atom is -0.365 e. The van der Waals surface area contributed by atoms with Crippen molar-refractivity contribution in [3.05, 3.63) is 45.6 Å². The zero-order valence-corrected chi connectivity index (χ0v) is 18.3. The molecule has 156 valence electrons. The molecule has 4 rings (SSSR count). The van der Waals surface area contributed by atoms with Crippen molar-refractivity contribution >= 4 is 45.6 Å². The van der Waals surface area contributed by atoms with Crippen molar-refractivity contribution < 1.29 is 4.79 Å². The van der Waals surface area contributed by atoms with E-state index in [0.29, 0.717) is 37.9 Å². The molecule has 0 atom stereocenters. The van der Waals surface area contributed by atoms with Gasteiger partial charge in [0.2, 0.25) is 0 Å². The van der Waals surface area contributed by atoms with Crippen LogP contribution in [0.1, 0.15) is 21.1 Å². The maximum absolute atomic E-state index is 12.1. The van der Waals surface area contributed by atoms with Crippen molar-refractivity contribution in [3.63, 3.8) is 0 Å². The molecule has 0 radical (unpaired) electrons. The van der Waals surface area contributed by atoms with Crippen LogP contribution in [0.5, 0.6) is 0 Å². The number of benzene rings is 1. The van der Waals surface area contributed by atoms with Gasteiger partial charge in [-0.2, -0.15) is 0 Å². The number of halogens is 1. The fraction of sp³-hybridized carbons (Fsp3) is 0.300. The number of primary amides is 1. The van der Waals surface area contributed by atoms with E-state index in [1.807, 2.05) is 32.0 Å². The SMILES string of the molecule is Cc1nc(Nc2nc(-c3c(C)cccc3Cl)c(C(N)=O)s2)cc(N2CCNCC2)n1. The Bertz CT molecular complexity index is 1070. The van der Waals surface area contributed by atoms with Crippen LogP contribution in [0.4, 0.5) is 16.8 Å². The molecule has 1 aliphatic heterocycles. The number of anilines is 3. The molecule has 4 N–H and O–H groups in total. The lowest BCUT2D eigenvalue weighted by molar-refractivity contribution is 0.100. The average molecular weight is 444 g/mol. The van der Waals surface area contributed by atoms with Crippen LogP contribution in [0.15, 0.2) is 24.3 Å². The van der Waals surface area contributed by atoms with E-state index in [1.54, 1.807) is 6.07 Å². The quantitative estimate of drug-likeness (QED) is 0.555. The van der Waals surface area contributed by atoms with Crippen LogP contribution in [-0.2, 0) is 0 Å². The van der Waals surface area contributed by atoms with Gasteiger partial charge < -0.3 is 21.3 Å². The number of hydrogen-bond donors (Lipinski definition) is 3. The van der Waals surface area contributed by atoms with Crippen molar-refractivity contribution in [2.24, 2.45) is 5.73 Å². The number of rotatable bonds is 5. The molecule has 8 nitrogen and oxygen atoms in total. The van der Waals surface area contributed by atoms with E-state index in [-0.39, 0.29) is 0 Å². The molecule has 10 heteroatoms. The Morgan fingerprint density at radius 3 is 2.70 bits per heavy atom. The fourth-order valence-electron chi connectivity index (χ4n) is 3.42. The predicted molar refractivity (Wildman–Crippen MR) is 121 cm³/mol. The highest BCUT2D eigenvalue weighted by molar-refractivity contribution is 7.18. The molecule has 0 saturated carbocycles.